The molecule has 154 valence electrons. The number of carbonyl (C=O) groups is 2. The number of ether oxygens (including phenoxy) is 1. The van der Waals surface area contributed by atoms with Crippen molar-refractivity contribution in [3.05, 3.63) is 81.5 Å². The van der Waals surface area contributed by atoms with E-state index in [1.807, 2.05) is 61.5 Å². The maximum absolute atomic E-state index is 13.2. The van der Waals surface area contributed by atoms with E-state index in [9.17, 15) is 9.59 Å². The minimum absolute atomic E-state index is 0.0185. The molecule has 0 unspecified atom stereocenters. The van der Waals surface area contributed by atoms with Gasteiger partial charge in [-0.05, 0) is 36.6 Å². The number of benzene rings is 2. The van der Waals surface area contributed by atoms with Gasteiger partial charge in [0.1, 0.15) is 6.61 Å². The Balaban J connectivity index is 1.71. The Bertz CT molecular complexity index is 1030. The van der Waals surface area contributed by atoms with Crippen LogP contribution in [0.25, 0.3) is 0 Å². The van der Waals surface area contributed by atoms with E-state index in [0.717, 1.165) is 15.6 Å². The monoisotopic (exact) mass is 484 g/mol. The number of amides is 1. The number of hydrogen-bond acceptors (Lipinski definition) is 5. The lowest BCUT2D eigenvalue weighted by atomic mass is 9.94. The number of esters is 1. The smallest absolute Gasteiger partial charge is 0.338 e. The van der Waals surface area contributed by atoms with Gasteiger partial charge in [-0.3, -0.25) is 9.69 Å². The van der Waals surface area contributed by atoms with E-state index in [2.05, 4.69) is 20.9 Å². The number of hydrogen-bond donors (Lipinski definition) is 0. The van der Waals surface area contributed by atoms with Crippen molar-refractivity contribution < 1.29 is 14.3 Å². The van der Waals surface area contributed by atoms with Crippen LogP contribution in [0.3, 0.4) is 0 Å². The lowest BCUT2D eigenvalue weighted by Crippen LogP contribution is -2.40. The zero-order valence-electron chi connectivity index (χ0n) is 16.7. The summed E-state index contributed by atoms with van der Waals surface area (Å²) in [7, 11) is 0. The number of allylic oxidation sites excluding steroid dienone is 1. The van der Waals surface area contributed by atoms with E-state index >= 15 is 0 Å². The summed E-state index contributed by atoms with van der Waals surface area (Å²) in [6.07, 6.45) is 0.707. The summed E-state index contributed by atoms with van der Waals surface area (Å²) in [6, 6.07) is 16.7. The molecule has 2 aromatic carbocycles. The normalized spacial score (nSPS) is 20.8. The number of amidine groups is 1. The van der Waals surface area contributed by atoms with Gasteiger partial charge in [0.2, 0.25) is 5.91 Å². The summed E-state index contributed by atoms with van der Waals surface area (Å²) in [5.41, 5.74) is 2.75. The molecule has 1 fully saturated rings. The van der Waals surface area contributed by atoms with Gasteiger partial charge in [-0.25, -0.2) is 9.79 Å². The van der Waals surface area contributed by atoms with Crippen LogP contribution in [0.1, 0.15) is 37.4 Å². The van der Waals surface area contributed by atoms with Crippen molar-refractivity contribution in [2.24, 2.45) is 4.99 Å². The van der Waals surface area contributed by atoms with Crippen molar-refractivity contribution in [2.45, 2.75) is 38.2 Å². The summed E-state index contributed by atoms with van der Waals surface area (Å²) in [5.74, 6) is -0.472. The molecule has 2 aliphatic rings. The topological polar surface area (TPSA) is 59.0 Å². The number of fused-ring (bicyclic) bond motifs is 1. The van der Waals surface area contributed by atoms with Gasteiger partial charge < -0.3 is 4.74 Å². The highest BCUT2D eigenvalue weighted by Gasteiger charge is 2.47. The molecule has 2 atom stereocenters. The largest absolute Gasteiger partial charge is 0.457 e. The van der Waals surface area contributed by atoms with E-state index in [0.29, 0.717) is 22.9 Å². The van der Waals surface area contributed by atoms with Crippen LogP contribution in [0.2, 0.25) is 0 Å². The lowest BCUT2D eigenvalue weighted by Gasteiger charge is -2.33. The molecule has 0 N–H and O–H groups in total. The van der Waals surface area contributed by atoms with Gasteiger partial charge in [-0.1, -0.05) is 77.1 Å². The van der Waals surface area contributed by atoms with Crippen LogP contribution in [0.5, 0.6) is 0 Å². The molecule has 0 aromatic heterocycles. The molecule has 0 saturated carbocycles. The van der Waals surface area contributed by atoms with Gasteiger partial charge in [0.15, 0.2) is 5.17 Å². The molecule has 1 amide bonds. The molecule has 2 aromatic rings. The maximum atomic E-state index is 13.2. The molecule has 2 heterocycles. The van der Waals surface area contributed by atoms with Crippen molar-refractivity contribution in [1.82, 2.24) is 4.90 Å². The highest BCUT2D eigenvalue weighted by atomic mass is 79.9. The third-order valence-corrected chi connectivity index (χ3v) is 6.99. The molecule has 0 aliphatic carbocycles. The molecule has 4 rings (SSSR count). The van der Waals surface area contributed by atoms with E-state index in [1.165, 1.54) is 11.8 Å². The van der Waals surface area contributed by atoms with Crippen LogP contribution in [0.4, 0.5) is 0 Å². The number of aliphatic imine (C=N–C) groups is 1. The first-order valence-electron chi connectivity index (χ1n) is 9.75. The highest BCUT2D eigenvalue weighted by Crippen LogP contribution is 2.44. The third-order valence-electron chi connectivity index (χ3n) is 5.14. The van der Waals surface area contributed by atoms with Crippen LogP contribution < -0.4 is 0 Å². The standard InChI is InChI=1S/C23H21BrN2O3S/c1-3-18-21(27)26-20(16-9-11-17(24)12-10-16)19(14(2)25-23(26)30-18)22(28)29-13-15-7-5-4-6-8-15/h4-12,18,20H,3,13H2,1-2H3/t18-,20-/m0/s1. The zero-order valence-corrected chi connectivity index (χ0v) is 19.1. The number of carbonyl (C=O) groups excluding carboxylic acids is 2. The Kier molecular flexibility index (Phi) is 6.11. The molecule has 30 heavy (non-hydrogen) atoms. The van der Waals surface area contributed by atoms with Crippen molar-refractivity contribution in [2.75, 3.05) is 0 Å². The first-order valence-corrected chi connectivity index (χ1v) is 11.4. The molecular formula is C23H21BrN2O3S. The van der Waals surface area contributed by atoms with Gasteiger partial charge in [0.05, 0.1) is 22.6 Å². The minimum Gasteiger partial charge on any atom is -0.457 e. The third kappa shape index (κ3) is 3.96. The Labute approximate surface area is 188 Å². The second-order valence-corrected chi connectivity index (χ2v) is 9.22. The molecule has 1 saturated heterocycles. The van der Waals surface area contributed by atoms with Gasteiger partial charge in [0.25, 0.3) is 0 Å². The molecule has 7 heteroatoms. The van der Waals surface area contributed by atoms with Crippen LogP contribution in [0, 0.1) is 0 Å². The molecule has 2 aliphatic heterocycles. The Hall–Kier alpha value is -2.38. The average Bonchev–Trinajstić information content (AvgIpc) is 3.07. The molecule has 5 nitrogen and oxygen atoms in total. The SMILES string of the molecule is CC[C@@H]1SC2=NC(C)=C(C(=O)OCc3ccccc3)[C@H](c3ccc(Br)cc3)N2C1=O. The van der Waals surface area contributed by atoms with Crippen LogP contribution in [0.15, 0.2) is 75.3 Å². The van der Waals surface area contributed by atoms with E-state index in [4.69, 9.17) is 4.74 Å². The van der Waals surface area contributed by atoms with E-state index < -0.39 is 12.0 Å². The fourth-order valence-corrected chi connectivity index (χ4v) is 5.01. The average molecular weight is 485 g/mol. The lowest BCUT2D eigenvalue weighted by molar-refractivity contribution is -0.141. The van der Waals surface area contributed by atoms with E-state index in [-0.39, 0.29) is 17.8 Å². The van der Waals surface area contributed by atoms with E-state index in [1.54, 1.807) is 11.8 Å². The molecule has 0 radical (unpaired) electrons. The number of nitrogens with zero attached hydrogens (tertiary/aromatic N) is 2. The first-order chi connectivity index (χ1) is 14.5. The summed E-state index contributed by atoms with van der Waals surface area (Å²) >= 11 is 4.92. The molecular weight excluding hydrogens is 464 g/mol. The van der Waals surface area contributed by atoms with Crippen molar-refractivity contribution in [3.8, 4) is 0 Å². The van der Waals surface area contributed by atoms with Crippen LogP contribution >= 0.6 is 27.7 Å². The highest BCUT2D eigenvalue weighted by molar-refractivity contribution is 9.10. The number of thioether (sulfide) groups is 1. The minimum atomic E-state index is -0.551. The maximum Gasteiger partial charge on any atom is 0.338 e. The quantitative estimate of drug-likeness (QED) is 0.545. The predicted molar refractivity (Wildman–Crippen MR) is 122 cm³/mol. The number of rotatable bonds is 5. The van der Waals surface area contributed by atoms with Crippen LogP contribution in [-0.4, -0.2) is 27.2 Å². The summed E-state index contributed by atoms with van der Waals surface area (Å²) in [5, 5.41) is 0.464. The molecule has 0 spiro atoms. The van der Waals surface area contributed by atoms with Gasteiger partial charge in [-0.15, -0.1) is 0 Å². The Morgan fingerprint density at radius 1 is 1.17 bits per heavy atom. The molecule has 0 bridgehead atoms. The van der Waals surface area contributed by atoms with Gasteiger partial charge in [-0.2, -0.15) is 0 Å². The predicted octanol–water partition coefficient (Wildman–Crippen LogP) is 5.23. The zero-order chi connectivity index (χ0) is 21.3. The van der Waals surface area contributed by atoms with Crippen molar-refractivity contribution in [1.29, 1.82) is 0 Å². The van der Waals surface area contributed by atoms with Crippen LogP contribution in [-0.2, 0) is 20.9 Å². The summed E-state index contributed by atoms with van der Waals surface area (Å²) < 4.78 is 6.56. The van der Waals surface area contributed by atoms with Gasteiger partial charge in [0, 0.05) is 4.47 Å². The summed E-state index contributed by atoms with van der Waals surface area (Å²) in [4.78, 5) is 32.6. The Morgan fingerprint density at radius 3 is 2.53 bits per heavy atom. The summed E-state index contributed by atoms with van der Waals surface area (Å²) in [6.45, 7) is 3.96. The van der Waals surface area contributed by atoms with Gasteiger partial charge >= 0.3 is 5.97 Å². The fourth-order valence-electron chi connectivity index (χ4n) is 3.61. The fraction of sp³-hybridized carbons (Fsp3) is 0.261. The second kappa shape index (κ2) is 8.78. The Morgan fingerprint density at radius 2 is 1.87 bits per heavy atom. The van der Waals surface area contributed by atoms with Crippen molar-refractivity contribution >= 4 is 44.7 Å². The van der Waals surface area contributed by atoms with Crippen molar-refractivity contribution in [3.63, 3.8) is 0 Å². The first kappa shape index (κ1) is 20.9. The second-order valence-electron chi connectivity index (χ2n) is 7.13. The number of halogens is 1.